The maximum absolute atomic E-state index is 6.42. The van der Waals surface area contributed by atoms with E-state index in [9.17, 15) is 0 Å². The van der Waals surface area contributed by atoms with Crippen molar-refractivity contribution in [1.82, 2.24) is 14.9 Å². The van der Waals surface area contributed by atoms with E-state index in [4.69, 9.17) is 21.1 Å². The Morgan fingerprint density at radius 3 is 2.59 bits per heavy atom. The maximum atomic E-state index is 6.42. The van der Waals surface area contributed by atoms with Crippen molar-refractivity contribution in [2.45, 2.75) is 53.2 Å². The van der Waals surface area contributed by atoms with E-state index >= 15 is 0 Å². The summed E-state index contributed by atoms with van der Waals surface area (Å²) in [5.74, 6) is 1.29. The zero-order valence-electron chi connectivity index (χ0n) is 16.8. The molecule has 0 aliphatic carbocycles. The Morgan fingerprint density at radius 1 is 1.30 bits per heavy atom. The van der Waals surface area contributed by atoms with Crippen molar-refractivity contribution in [1.29, 1.82) is 0 Å². The maximum Gasteiger partial charge on any atom is 0.179 e. The lowest BCUT2D eigenvalue weighted by Gasteiger charge is -2.32. The molecule has 0 radical (unpaired) electrons. The third-order valence-corrected chi connectivity index (χ3v) is 4.57. The number of hydrogen-bond donors (Lipinski definition) is 1. The van der Waals surface area contributed by atoms with Crippen molar-refractivity contribution in [3.05, 3.63) is 41.4 Å². The number of nitrogens with zero attached hydrogens (tertiary/aromatic N) is 2. The van der Waals surface area contributed by atoms with Gasteiger partial charge in [-0.2, -0.15) is 0 Å². The number of imidazole rings is 1. The number of aromatic nitrogens is 2. The monoisotopic (exact) mass is 415 g/mol. The normalized spacial score (nSPS) is 12.4. The summed E-state index contributed by atoms with van der Waals surface area (Å²) in [4.78, 5) is 4.13. The SMILES string of the molecule is CCCOc1c(Cl)cc(CNC(Cn2ccnc2)C(C)(C)C)cc1OC.Cl. The molecule has 0 aliphatic rings. The Balaban J connectivity index is 0.00000364. The third kappa shape index (κ3) is 6.91. The van der Waals surface area contributed by atoms with Crippen LogP contribution in [0, 0.1) is 5.41 Å². The Hall–Kier alpha value is -1.43. The lowest BCUT2D eigenvalue weighted by Crippen LogP contribution is -2.43. The second kappa shape index (κ2) is 10.8. The molecule has 0 spiro atoms. The molecule has 0 saturated carbocycles. The fraction of sp³-hybridized carbons (Fsp3) is 0.550. The van der Waals surface area contributed by atoms with Gasteiger partial charge in [0.2, 0.25) is 0 Å². The molecule has 1 aromatic heterocycles. The van der Waals surface area contributed by atoms with E-state index in [0.717, 1.165) is 18.5 Å². The van der Waals surface area contributed by atoms with Crippen LogP contribution < -0.4 is 14.8 Å². The average molecular weight is 416 g/mol. The zero-order chi connectivity index (χ0) is 19.2. The van der Waals surface area contributed by atoms with Crippen LogP contribution in [-0.4, -0.2) is 29.3 Å². The molecular weight excluding hydrogens is 385 g/mol. The van der Waals surface area contributed by atoms with Gasteiger partial charge in [0, 0.05) is 31.5 Å². The molecule has 0 amide bonds. The smallest absolute Gasteiger partial charge is 0.179 e. The zero-order valence-corrected chi connectivity index (χ0v) is 18.4. The van der Waals surface area contributed by atoms with Crippen LogP contribution in [0.1, 0.15) is 39.7 Å². The summed E-state index contributed by atoms with van der Waals surface area (Å²) in [6.07, 6.45) is 6.56. The summed E-state index contributed by atoms with van der Waals surface area (Å²) < 4.78 is 13.3. The van der Waals surface area contributed by atoms with Gasteiger partial charge in [0.05, 0.1) is 25.1 Å². The summed E-state index contributed by atoms with van der Waals surface area (Å²) >= 11 is 6.42. The molecule has 0 fully saturated rings. The molecule has 1 aromatic carbocycles. The molecule has 1 unspecified atom stereocenters. The highest BCUT2D eigenvalue weighted by atomic mass is 35.5. The van der Waals surface area contributed by atoms with Gasteiger partial charge in [-0.1, -0.05) is 39.3 Å². The number of methoxy groups -OCH3 is 1. The molecule has 27 heavy (non-hydrogen) atoms. The van der Waals surface area contributed by atoms with Crippen molar-refractivity contribution >= 4 is 24.0 Å². The lowest BCUT2D eigenvalue weighted by atomic mass is 9.86. The fourth-order valence-electron chi connectivity index (χ4n) is 2.71. The first-order valence-electron chi connectivity index (χ1n) is 9.03. The molecule has 0 saturated heterocycles. The van der Waals surface area contributed by atoms with E-state index in [-0.39, 0.29) is 23.9 Å². The first kappa shape index (κ1) is 23.6. The fourth-order valence-corrected chi connectivity index (χ4v) is 3.00. The topological polar surface area (TPSA) is 48.3 Å². The van der Waals surface area contributed by atoms with Gasteiger partial charge in [0.1, 0.15) is 0 Å². The van der Waals surface area contributed by atoms with Crippen molar-refractivity contribution in [3.63, 3.8) is 0 Å². The van der Waals surface area contributed by atoms with Crippen LogP contribution >= 0.6 is 24.0 Å². The van der Waals surface area contributed by atoms with Gasteiger partial charge in [0.15, 0.2) is 11.5 Å². The Morgan fingerprint density at radius 2 is 2.04 bits per heavy atom. The number of halogens is 2. The quantitative estimate of drug-likeness (QED) is 0.628. The molecular formula is C20H31Cl2N3O2. The predicted octanol–water partition coefficient (Wildman–Crippen LogP) is 4.96. The Kier molecular flexibility index (Phi) is 9.43. The van der Waals surface area contributed by atoms with Gasteiger partial charge in [-0.15, -0.1) is 12.4 Å². The average Bonchev–Trinajstić information content (AvgIpc) is 3.09. The summed E-state index contributed by atoms with van der Waals surface area (Å²) in [6.45, 7) is 10.9. The van der Waals surface area contributed by atoms with Crippen LogP contribution in [-0.2, 0) is 13.1 Å². The minimum Gasteiger partial charge on any atom is -0.493 e. The van der Waals surface area contributed by atoms with Crippen molar-refractivity contribution < 1.29 is 9.47 Å². The van der Waals surface area contributed by atoms with Gasteiger partial charge >= 0.3 is 0 Å². The molecule has 7 heteroatoms. The molecule has 5 nitrogen and oxygen atoms in total. The van der Waals surface area contributed by atoms with Crippen molar-refractivity contribution in [3.8, 4) is 11.5 Å². The van der Waals surface area contributed by atoms with E-state index in [1.54, 1.807) is 13.3 Å². The van der Waals surface area contributed by atoms with Crippen LogP contribution in [0.15, 0.2) is 30.9 Å². The van der Waals surface area contributed by atoms with Gasteiger partial charge in [-0.05, 0) is 29.5 Å². The van der Waals surface area contributed by atoms with Crippen LogP contribution in [0.25, 0.3) is 0 Å². The van der Waals surface area contributed by atoms with Crippen LogP contribution in [0.2, 0.25) is 5.02 Å². The van der Waals surface area contributed by atoms with Crippen LogP contribution in [0.3, 0.4) is 0 Å². The second-order valence-electron chi connectivity index (χ2n) is 7.52. The standard InChI is InChI=1S/C20H30ClN3O2.ClH/c1-6-9-26-19-16(21)10-15(11-17(19)25-5)12-23-18(20(2,3)4)13-24-8-7-22-14-24;/h7-8,10-11,14,18,23H,6,9,12-13H2,1-5H3;1H. The van der Waals surface area contributed by atoms with E-state index < -0.39 is 0 Å². The molecule has 0 aliphatic heterocycles. The second-order valence-corrected chi connectivity index (χ2v) is 7.92. The molecule has 2 aromatic rings. The van der Waals surface area contributed by atoms with E-state index in [1.807, 2.05) is 24.7 Å². The first-order chi connectivity index (χ1) is 12.3. The van der Waals surface area contributed by atoms with E-state index in [1.165, 1.54) is 0 Å². The first-order valence-corrected chi connectivity index (χ1v) is 9.41. The highest BCUT2D eigenvalue weighted by molar-refractivity contribution is 6.32. The Labute approximate surface area is 173 Å². The van der Waals surface area contributed by atoms with E-state index in [0.29, 0.717) is 29.7 Å². The van der Waals surface area contributed by atoms with Crippen molar-refractivity contribution in [2.75, 3.05) is 13.7 Å². The molecule has 1 atom stereocenters. The number of rotatable bonds is 9. The molecule has 1 N–H and O–H groups in total. The Bertz CT molecular complexity index is 685. The number of nitrogens with one attached hydrogen (secondary N) is 1. The number of ether oxygens (including phenoxy) is 2. The van der Waals surface area contributed by atoms with Gasteiger partial charge in [0.25, 0.3) is 0 Å². The summed E-state index contributed by atoms with van der Waals surface area (Å²) in [5, 5.41) is 4.23. The molecule has 152 valence electrons. The van der Waals surface area contributed by atoms with E-state index in [2.05, 4.69) is 42.6 Å². The van der Waals surface area contributed by atoms with Gasteiger partial charge in [-0.3, -0.25) is 0 Å². The molecule has 1 heterocycles. The summed E-state index contributed by atoms with van der Waals surface area (Å²) in [7, 11) is 1.64. The summed E-state index contributed by atoms with van der Waals surface area (Å²) in [5.41, 5.74) is 1.16. The highest BCUT2D eigenvalue weighted by Gasteiger charge is 2.24. The van der Waals surface area contributed by atoms with Crippen molar-refractivity contribution in [2.24, 2.45) is 5.41 Å². The van der Waals surface area contributed by atoms with Gasteiger partial charge < -0.3 is 19.4 Å². The molecule has 0 bridgehead atoms. The number of hydrogen-bond acceptors (Lipinski definition) is 4. The van der Waals surface area contributed by atoms with Crippen LogP contribution in [0.4, 0.5) is 0 Å². The minimum absolute atomic E-state index is 0. The lowest BCUT2D eigenvalue weighted by molar-refractivity contribution is 0.240. The largest absolute Gasteiger partial charge is 0.493 e. The van der Waals surface area contributed by atoms with Gasteiger partial charge in [-0.25, -0.2) is 4.98 Å². The molecule has 2 rings (SSSR count). The van der Waals surface area contributed by atoms with Crippen LogP contribution in [0.5, 0.6) is 11.5 Å². The summed E-state index contributed by atoms with van der Waals surface area (Å²) in [6, 6.07) is 4.21. The highest BCUT2D eigenvalue weighted by Crippen LogP contribution is 2.36. The number of benzene rings is 1. The predicted molar refractivity (Wildman–Crippen MR) is 113 cm³/mol. The minimum atomic E-state index is 0. The third-order valence-electron chi connectivity index (χ3n) is 4.29.